The Bertz CT molecular complexity index is 2000. The zero-order valence-electron chi connectivity index (χ0n) is 29.3. The van der Waals surface area contributed by atoms with Crippen LogP contribution >= 0.6 is 0 Å². The largest absolute Gasteiger partial charge is 0.378 e. The van der Waals surface area contributed by atoms with Crippen LogP contribution in [0.5, 0.6) is 0 Å². The van der Waals surface area contributed by atoms with Crippen LogP contribution in [-0.4, -0.2) is 104 Å². The van der Waals surface area contributed by atoms with Crippen molar-refractivity contribution < 1.29 is 14.3 Å². The minimum Gasteiger partial charge on any atom is -0.378 e. The van der Waals surface area contributed by atoms with Crippen molar-refractivity contribution in [1.29, 1.82) is 0 Å². The quantitative estimate of drug-likeness (QED) is 0.130. The molecular weight excluding hydrogens is 644 g/mol. The van der Waals surface area contributed by atoms with Gasteiger partial charge in [-0.2, -0.15) is 10.1 Å². The van der Waals surface area contributed by atoms with Gasteiger partial charge in [0.2, 0.25) is 11.9 Å². The van der Waals surface area contributed by atoms with Gasteiger partial charge in [0.05, 0.1) is 37.5 Å². The fourth-order valence-corrected chi connectivity index (χ4v) is 6.28. The fraction of sp³-hybridized carbons (Fsp3) is 0.316. The van der Waals surface area contributed by atoms with E-state index in [1.54, 1.807) is 6.08 Å². The Morgan fingerprint density at radius 2 is 1.57 bits per heavy atom. The van der Waals surface area contributed by atoms with Gasteiger partial charge in [-0.1, -0.05) is 12.1 Å². The lowest BCUT2D eigenvalue weighted by Gasteiger charge is -2.29. The molecule has 7 rings (SSSR count). The van der Waals surface area contributed by atoms with Crippen LogP contribution in [0.15, 0.2) is 78.9 Å². The second kappa shape index (κ2) is 15.6. The molecule has 2 aliphatic heterocycles. The summed E-state index contributed by atoms with van der Waals surface area (Å²) in [5.41, 5.74) is 7.63. The molecule has 4 heterocycles. The third kappa shape index (κ3) is 8.46. The highest BCUT2D eigenvalue weighted by Gasteiger charge is 2.20. The number of hydrogen-bond acceptors (Lipinski definition) is 11. The molecule has 2 aromatic heterocycles. The highest BCUT2D eigenvalue weighted by atomic mass is 16.5. The molecule has 0 bridgehead atoms. The van der Waals surface area contributed by atoms with Crippen LogP contribution in [-0.2, 0) is 14.3 Å². The molecule has 13 heteroatoms. The predicted octanol–water partition coefficient (Wildman–Crippen LogP) is 5.55. The van der Waals surface area contributed by atoms with Crippen molar-refractivity contribution in [3.05, 3.63) is 84.4 Å². The molecule has 0 unspecified atom stereocenters. The number of ether oxygens (including phenoxy) is 2. The fourth-order valence-electron chi connectivity index (χ4n) is 6.28. The van der Waals surface area contributed by atoms with Gasteiger partial charge in [-0.05, 0) is 87.2 Å². The number of anilines is 7. The topological polar surface area (TPSA) is 136 Å². The summed E-state index contributed by atoms with van der Waals surface area (Å²) < 4.78 is 11.1. The van der Waals surface area contributed by atoms with Gasteiger partial charge in [0, 0.05) is 72.8 Å². The number of hydrogen-bond donors (Lipinski definition) is 4. The minimum absolute atomic E-state index is 0.199. The molecule has 0 saturated carbocycles. The molecule has 2 fully saturated rings. The number of amides is 1. The maximum absolute atomic E-state index is 12.8. The SMILES string of the molecule is Cc1cc(NC(=O)/C=C/CN(C)C)cc(-c2nc(Nc3cccc(N4CCOCC4)c3)nc3n[nH]c(Nc4ccc(N5CCOCC5)cc4)c23)c1. The first-order valence-corrected chi connectivity index (χ1v) is 17.3. The number of aromatic nitrogens is 4. The summed E-state index contributed by atoms with van der Waals surface area (Å²) in [6.45, 7) is 8.98. The number of benzene rings is 3. The smallest absolute Gasteiger partial charge is 0.248 e. The van der Waals surface area contributed by atoms with Crippen molar-refractivity contribution in [3.8, 4) is 11.3 Å². The molecule has 4 N–H and O–H groups in total. The summed E-state index contributed by atoms with van der Waals surface area (Å²) in [5.74, 6) is 0.872. The second-order valence-electron chi connectivity index (χ2n) is 13.0. The molecule has 5 aromatic rings. The van der Waals surface area contributed by atoms with Crippen molar-refractivity contribution in [2.45, 2.75) is 6.92 Å². The summed E-state index contributed by atoms with van der Waals surface area (Å²) in [6, 6.07) is 22.5. The van der Waals surface area contributed by atoms with E-state index in [1.807, 2.05) is 56.3 Å². The summed E-state index contributed by atoms with van der Waals surface area (Å²) in [5, 5.41) is 18.5. The Labute approximate surface area is 297 Å². The molecular formula is C38H44N10O3. The lowest BCUT2D eigenvalue weighted by Crippen LogP contribution is -2.36. The zero-order valence-corrected chi connectivity index (χ0v) is 29.3. The highest BCUT2D eigenvalue weighted by Crippen LogP contribution is 2.35. The summed E-state index contributed by atoms with van der Waals surface area (Å²) in [6.07, 6.45) is 3.39. The van der Waals surface area contributed by atoms with Crippen LogP contribution in [0.3, 0.4) is 0 Å². The number of morpholine rings is 2. The van der Waals surface area contributed by atoms with Crippen LogP contribution in [0, 0.1) is 6.92 Å². The molecule has 1 amide bonds. The summed E-state index contributed by atoms with van der Waals surface area (Å²) >= 11 is 0. The number of rotatable bonds is 11. The van der Waals surface area contributed by atoms with Crippen LogP contribution < -0.4 is 25.8 Å². The molecule has 0 spiro atoms. The molecule has 0 atom stereocenters. The first-order valence-electron chi connectivity index (χ1n) is 17.3. The number of nitrogens with zero attached hydrogens (tertiary/aromatic N) is 6. The van der Waals surface area contributed by atoms with Gasteiger partial charge in [0.1, 0.15) is 5.82 Å². The van der Waals surface area contributed by atoms with E-state index in [2.05, 4.69) is 78.4 Å². The third-order valence-electron chi connectivity index (χ3n) is 8.76. The van der Waals surface area contributed by atoms with Crippen molar-refractivity contribution in [3.63, 3.8) is 0 Å². The van der Waals surface area contributed by atoms with E-state index < -0.39 is 0 Å². The summed E-state index contributed by atoms with van der Waals surface area (Å²) in [7, 11) is 3.92. The molecule has 0 aliphatic carbocycles. The first-order chi connectivity index (χ1) is 24.9. The van der Waals surface area contributed by atoms with Crippen molar-refractivity contribution >= 4 is 57.1 Å². The van der Waals surface area contributed by atoms with Crippen LogP contribution in [0.25, 0.3) is 22.3 Å². The highest BCUT2D eigenvalue weighted by molar-refractivity contribution is 6.03. The van der Waals surface area contributed by atoms with Gasteiger partial charge in [-0.3, -0.25) is 9.89 Å². The van der Waals surface area contributed by atoms with Crippen LogP contribution in [0.4, 0.5) is 40.2 Å². The third-order valence-corrected chi connectivity index (χ3v) is 8.76. The monoisotopic (exact) mass is 688 g/mol. The molecule has 13 nitrogen and oxygen atoms in total. The zero-order chi connectivity index (χ0) is 35.2. The normalized spacial score (nSPS) is 15.1. The summed E-state index contributed by atoms with van der Waals surface area (Å²) in [4.78, 5) is 29.4. The Kier molecular flexibility index (Phi) is 10.4. The maximum atomic E-state index is 12.8. The van der Waals surface area contributed by atoms with Crippen molar-refractivity contribution in [1.82, 2.24) is 25.1 Å². The van der Waals surface area contributed by atoms with E-state index in [0.717, 1.165) is 78.7 Å². The van der Waals surface area contributed by atoms with Crippen LogP contribution in [0.2, 0.25) is 0 Å². The Morgan fingerprint density at radius 3 is 2.29 bits per heavy atom. The van der Waals surface area contributed by atoms with E-state index >= 15 is 0 Å². The standard InChI is InChI=1S/C38H44N10O3/c1-26-22-27(24-30(23-26)39-33(49)8-5-13-46(2)3)35-34-36(40-28-9-11-31(12-10-28)47-14-18-50-19-15-47)44-45-37(34)43-38(42-35)41-29-6-4-7-32(25-29)48-16-20-51-21-17-48/h4-12,22-25H,13-21H2,1-3H3,(H,39,49)(H3,40,41,42,43,44,45)/b8-5+. The molecule has 51 heavy (non-hydrogen) atoms. The molecule has 0 radical (unpaired) electrons. The number of nitrogens with one attached hydrogen (secondary N) is 4. The lowest BCUT2D eigenvalue weighted by molar-refractivity contribution is -0.111. The number of carbonyl (C=O) groups excluding carboxylic acids is 1. The van der Waals surface area contributed by atoms with E-state index in [4.69, 9.17) is 19.4 Å². The average Bonchev–Trinajstić information content (AvgIpc) is 3.54. The maximum Gasteiger partial charge on any atom is 0.248 e. The van der Waals surface area contributed by atoms with E-state index in [1.165, 1.54) is 0 Å². The molecule has 3 aromatic carbocycles. The number of fused-ring (bicyclic) bond motifs is 1. The predicted molar refractivity (Wildman–Crippen MR) is 204 cm³/mol. The van der Waals surface area contributed by atoms with Gasteiger partial charge in [0.15, 0.2) is 5.65 Å². The van der Waals surface area contributed by atoms with E-state index in [0.29, 0.717) is 48.6 Å². The van der Waals surface area contributed by atoms with Gasteiger partial charge < -0.3 is 40.1 Å². The van der Waals surface area contributed by atoms with Crippen LogP contribution in [0.1, 0.15) is 5.56 Å². The Balaban J connectivity index is 1.23. The van der Waals surface area contributed by atoms with Gasteiger partial charge in [-0.15, -0.1) is 0 Å². The molecule has 2 aliphatic rings. The first kappa shape index (κ1) is 34.0. The second-order valence-corrected chi connectivity index (χ2v) is 13.0. The van der Waals surface area contributed by atoms with Gasteiger partial charge >= 0.3 is 0 Å². The lowest BCUT2D eigenvalue weighted by atomic mass is 10.0. The average molecular weight is 689 g/mol. The Hall–Kier alpha value is -5.50. The van der Waals surface area contributed by atoms with Crippen molar-refractivity contribution in [2.75, 3.05) is 99.0 Å². The van der Waals surface area contributed by atoms with E-state index in [9.17, 15) is 4.79 Å². The minimum atomic E-state index is -0.199. The number of carbonyl (C=O) groups is 1. The molecule has 2 saturated heterocycles. The van der Waals surface area contributed by atoms with Crippen molar-refractivity contribution in [2.24, 2.45) is 0 Å². The Morgan fingerprint density at radius 1 is 0.843 bits per heavy atom. The van der Waals surface area contributed by atoms with Gasteiger partial charge in [-0.25, -0.2) is 4.98 Å². The van der Waals surface area contributed by atoms with E-state index in [-0.39, 0.29) is 5.91 Å². The number of H-pyrrole nitrogens is 1. The number of likely N-dealkylation sites (N-methyl/N-ethyl adjacent to an activating group) is 1. The van der Waals surface area contributed by atoms with Gasteiger partial charge in [0.25, 0.3) is 0 Å². The molecule has 264 valence electrons. The number of aromatic amines is 1. The number of aryl methyl sites for hydroxylation is 1.